The Morgan fingerprint density at radius 3 is 2.72 bits per heavy atom. The van der Waals surface area contributed by atoms with E-state index in [2.05, 4.69) is 10.3 Å². The highest BCUT2D eigenvalue weighted by Crippen LogP contribution is 2.21. The van der Waals surface area contributed by atoms with Crippen LogP contribution in [0.25, 0.3) is 5.69 Å². The van der Waals surface area contributed by atoms with Gasteiger partial charge < -0.3 is 4.74 Å². The first-order valence-corrected chi connectivity index (χ1v) is 5.31. The van der Waals surface area contributed by atoms with Crippen molar-refractivity contribution in [3.8, 4) is 11.4 Å². The van der Waals surface area contributed by atoms with Crippen LogP contribution in [0.1, 0.15) is 23.1 Å². The van der Waals surface area contributed by atoms with Crippen LogP contribution in [-0.4, -0.2) is 27.9 Å². The second kappa shape index (κ2) is 4.56. The van der Waals surface area contributed by atoms with E-state index in [-0.39, 0.29) is 11.5 Å². The maximum absolute atomic E-state index is 13.3. The average molecular weight is 249 g/mol. The molecule has 5 nitrogen and oxygen atoms in total. The molecule has 1 aromatic carbocycles. The first-order valence-electron chi connectivity index (χ1n) is 5.31. The lowest BCUT2D eigenvalue weighted by Crippen LogP contribution is -2.02. The number of hydrogen-bond acceptors (Lipinski definition) is 4. The van der Waals surface area contributed by atoms with Gasteiger partial charge in [-0.3, -0.25) is 4.79 Å². The Balaban J connectivity index is 2.52. The second-order valence-electron chi connectivity index (χ2n) is 3.81. The second-order valence-corrected chi connectivity index (χ2v) is 3.81. The molecule has 18 heavy (non-hydrogen) atoms. The van der Waals surface area contributed by atoms with Gasteiger partial charge in [-0.25, -0.2) is 9.07 Å². The summed E-state index contributed by atoms with van der Waals surface area (Å²) in [5.41, 5.74) is 1.50. The topological polar surface area (TPSA) is 57.0 Å². The maximum Gasteiger partial charge on any atom is 0.181 e. The minimum absolute atomic E-state index is 0.117. The molecule has 0 aliphatic rings. The van der Waals surface area contributed by atoms with E-state index in [1.165, 1.54) is 30.8 Å². The normalized spacial score (nSPS) is 10.4. The predicted octanol–water partition coefficient (Wildman–Crippen LogP) is 1.93. The van der Waals surface area contributed by atoms with Gasteiger partial charge in [0, 0.05) is 13.0 Å². The van der Waals surface area contributed by atoms with E-state index in [0.29, 0.717) is 17.1 Å². The number of rotatable bonds is 3. The number of hydrogen-bond donors (Lipinski definition) is 0. The van der Waals surface area contributed by atoms with Crippen molar-refractivity contribution >= 4 is 5.78 Å². The summed E-state index contributed by atoms with van der Waals surface area (Å²) >= 11 is 0. The van der Waals surface area contributed by atoms with Crippen molar-refractivity contribution in [2.75, 3.05) is 7.11 Å². The molecule has 0 radical (unpaired) electrons. The molecule has 2 aromatic rings. The number of carbonyl (C=O) groups excluding carboxylic acids is 1. The average Bonchev–Trinajstić information content (AvgIpc) is 2.72. The van der Waals surface area contributed by atoms with Crippen LogP contribution >= 0.6 is 0 Å². The number of benzene rings is 1. The molecule has 0 aliphatic heterocycles. The van der Waals surface area contributed by atoms with E-state index >= 15 is 0 Å². The van der Waals surface area contributed by atoms with Crippen molar-refractivity contribution < 1.29 is 13.9 Å². The lowest BCUT2D eigenvalue weighted by atomic mass is 10.2. The van der Waals surface area contributed by atoms with Crippen molar-refractivity contribution in [1.29, 1.82) is 0 Å². The summed E-state index contributed by atoms with van der Waals surface area (Å²) < 4.78 is 19.7. The minimum Gasteiger partial charge on any atom is -0.494 e. The molecular weight excluding hydrogens is 237 g/mol. The molecule has 94 valence electrons. The summed E-state index contributed by atoms with van der Waals surface area (Å²) in [6.07, 6.45) is 0. The van der Waals surface area contributed by atoms with Gasteiger partial charge in [0.1, 0.15) is 0 Å². The Labute approximate surface area is 103 Å². The van der Waals surface area contributed by atoms with Gasteiger partial charge in [0.25, 0.3) is 0 Å². The van der Waals surface area contributed by atoms with Gasteiger partial charge in [-0.15, -0.1) is 5.10 Å². The molecule has 0 saturated carbocycles. The van der Waals surface area contributed by atoms with Crippen LogP contribution in [-0.2, 0) is 0 Å². The van der Waals surface area contributed by atoms with Gasteiger partial charge >= 0.3 is 0 Å². The van der Waals surface area contributed by atoms with Crippen LogP contribution in [0.3, 0.4) is 0 Å². The lowest BCUT2D eigenvalue weighted by Gasteiger charge is -2.06. The largest absolute Gasteiger partial charge is 0.494 e. The molecule has 0 spiro atoms. The summed E-state index contributed by atoms with van der Waals surface area (Å²) in [6, 6.07) is 4.33. The molecule has 2 rings (SSSR count). The van der Waals surface area contributed by atoms with Crippen LogP contribution in [0.2, 0.25) is 0 Å². The smallest absolute Gasteiger partial charge is 0.181 e. The number of ketones is 1. The van der Waals surface area contributed by atoms with E-state index in [1.807, 2.05) is 0 Å². The van der Waals surface area contributed by atoms with Crippen molar-refractivity contribution in [1.82, 2.24) is 15.0 Å². The fourth-order valence-corrected chi connectivity index (χ4v) is 1.68. The van der Waals surface area contributed by atoms with Crippen molar-refractivity contribution in [3.63, 3.8) is 0 Å². The first kappa shape index (κ1) is 12.2. The van der Waals surface area contributed by atoms with Crippen molar-refractivity contribution in [2.24, 2.45) is 0 Å². The highest BCUT2D eigenvalue weighted by Gasteiger charge is 2.14. The zero-order valence-corrected chi connectivity index (χ0v) is 10.3. The summed E-state index contributed by atoms with van der Waals surface area (Å²) in [5, 5.41) is 7.68. The van der Waals surface area contributed by atoms with Gasteiger partial charge in [0.15, 0.2) is 23.0 Å². The Hall–Kier alpha value is -2.24. The third-order valence-corrected chi connectivity index (χ3v) is 2.61. The third kappa shape index (κ3) is 1.97. The molecule has 0 unspecified atom stereocenters. The third-order valence-electron chi connectivity index (χ3n) is 2.61. The number of nitrogens with zero attached hydrogens (tertiary/aromatic N) is 3. The van der Waals surface area contributed by atoms with Gasteiger partial charge in [0.05, 0.1) is 18.5 Å². The lowest BCUT2D eigenvalue weighted by molar-refractivity contribution is 0.101. The molecule has 1 heterocycles. The number of ether oxygens (including phenoxy) is 1. The molecular formula is C12H12FN3O2. The monoisotopic (exact) mass is 249 g/mol. The molecule has 0 amide bonds. The standard InChI is InChI=1S/C12H12FN3O2/c1-7-12(8(2)17)14-15-16(7)9-4-5-10(13)11(6-9)18-3/h4-6H,1-3H3. The van der Waals surface area contributed by atoms with Crippen LogP contribution in [0.5, 0.6) is 5.75 Å². The number of carbonyl (C=O) groups is 1. The van der Waals surface area contributed by atoms with Crippen LogP contribution in [0, 0.1) is 12.7 Å². The van der Waals surface area contributed by atoms with Crippen molar-refractivity contribution in [3.05, 3.63) is 35.4 Å². The Morgan fingerprint density at radius 1 is 1.44 bits per heavy atom. The zero-order valence-electron chi connectivity index (χ0n) is 10.3. The summed E-state index contributed by atoms with van der Waals surface area (Å²) in [6.45, 7) is 3.15. The molecule has 0 saturated heterocycles. The van der Waals surface area contributed by atoms with Crippen LogP contribution < -0.4 is 4.74 Å². The summed E-state index contributed by atoms with van der Waals surface area (Å²) in [5.74, 6) is -0.495. The fraction of sp³-hybridized carbons (Fsp3) is 0.250. The van der Waals surface area contributed by atoms with Crippen molar-refractivity contribution in [2.45, 2.75) is 13.8 Å². The molecule has 0 aliphatic carbocycles. The highest BCUT2D eigenvalue weighted by atomic mass is 19.1. The van der Waals surface area contributed by atoms with E-state index in [4.69, 9.17) is 4.74 Å². The van der Waals surface area contributed by atoms with Crippen LogP contribution in [0.15, 0.2) is 18.2 Å². The molecule has 0 N–H and O–H groups in total. The number of aromatic nitrogens is 3. The number of halogens is 1. The van der Waals surface area contributed by atoms with E-state index < -0.39 is 5.82 Å². The highest BCUT2D eigenvalue weighted by molar-refractivity contribution is 5.93. The molecule has 6 heteroatoms. The minimum atomic E-state index is -0.453. The summed E-state index contributed by atoms with van der Waals surface area (Å²) in [7, 11) is 1.39. The Bertz CT molecular complexity index is 607. The van der Waals surface area contributed by atoms with E-state index in [1.54, 1.807) is 13.0 Å². The molecule has 0 atom stereocenters. The SMILES string of the molecule is COc1cc(-n2nnc(C(C)=O)c2C)ccc1F. The van der Waals surface area contributed by atoms with Gasteiger partial charge in [-0.2, -0.15) is 0 Å². The van der Waals surface area contributed by atoms with Gasteiger partial charge in [-0.05, 0) is 19.1 Å². The zero-order chi connectivity index (χ0) is 13.3. The summed E-state index contributed by atoms with van der Waals surface area (Å²) in [4.78, 5) is 11.3. The number of methoxy groups -OCH3 is 1. The number of Topliss-reactive ketones (excluding diaryl/α,β-unsaturated/α-hetero) is 1. The fourth-order valence-electron chi connectivity index (χ4n) is 1.68. The Kier molecular flexibility index (Phi) is 3.10. The first-order chi connectivity index (χ1) is 8.54. The van der Waals surface area contributed by atoms with Crippen LogP contribution in [0.4, 0.5) is 4.39 Å². The predicted molar refractivity (Wildman–Crippen MR) is 62.6 cm³/mol. The molecule has 0 fully saturated rings. The van der Waals surface area contributed by atoms with Gasteiger partial charge in [-0.1, -0.05) is 5.21 Å². The molecule has 0 bridgehead atoms. The van der Waals surface area contributed by atoms with E-state index in [9.17, 15) is 9.18 Å². The Morgan fingerprint density at radius 2 is 2.17 bits per heavy atom. The van der Waals surface area contributed by atoms with E-state index in [0.717, 1.165) is 0 Å². The molecule has 1 aromatic heterocycles. The maximum atomic E-state index is 13.3. The quantitative estimate of drug-likeness (QED) is 0.780. The van der Waals surface area contributed by atoms with Gasteiger partial charge in [0.2, 0.25) is 0 Å².